The molecule has 1 saturated heterocycles. The average molecular weight is 339 g/mol. The summed E-state index contributed by atoms with van der Waals surface area (Å²) in [5.74, 6) is 0.670. The number of fused-ring (bicyclic) bond motifs is 1. The van der Waals surface area contributed by atoms with Crippen molar-refractivity contribution < 1.29 is 17.9 Å². The molecule has 8 heteroatoms. The lowest BCUT2D eigenvalue weighted by molar-refractivity contribution is -0.126. The first kappa shape index (κ1) is 16.2. The number of ether oxygens (including phenoxy) is 1. The third-order valence-electron chi connectivity index (χ3n) is 4.40. The molecule has 126 valence electrons. The van der Waals surface area contributed by atoms with Crippen molar-refractivity contribution in [1.29, 1.82) is 0 Å². The highest BCUT2D eigenvalue weighted by atomic mass is 32.2. The molecule has 1 aromatic carbocycles. The number of benzene rings is 1. The lowest BCUT2D eigenvalue weighted by Crippen LogP contribution is -2.46. The van der Waals surface area contributed by atoms with E-state index in [0.29, 0.717) is 32.5 Å². The molecule has 23 heavy (non-hydrogen) atoms. The molecule has 1 atom stereocenters. The number of carbonyl (C=O) groups is 1. The van der Waals surface area contributed by atoms with Crippen molar-refractivity contribution in [2.24, 2.45) is 11.1 Å². The van der Waals surface area contributed by atoms with Crippen LogP contribution in [0.1, 0.15) is 18.4 Å². The fourth-order valence-corrected chi connectivity index (χ4v) is 3.82. The topological polar surface area (TPSA) is 102 Å². The van der Waals surface area contributed by atoms with Gasteiger partial charge in [0.15, 0.2) is 0 Å². The highest BCUT2D eigenvalue weighted by Crippen LogP contribution is 2.27. The number of hydrogen-bond acceptors (Lipinski definition) is 4. The molecule has 0 bridgehead atoms. The van der Waals surface area contributed by atoms with Gasteiger partial charge in [0.2, 0.25) is 5.91 Å². The van der Waals surface area contributed by atoms with Gasteiger partial charge < -0.3 is 10.1 Å². The van der Waals surface area contributed by atoms with Crippen molar-refractivity contribution >= 4 is 16.1 Å². The van der Waals surface area contributed by atoms with E-state index in [1.54, 1.807) is 0 Å². The van der Waals surface area contributed by atoms with Crippen LogP contribution in [0.5, 0.6) is 5.75 Å². The van der Waals surface area contributed by atoms with Crippen LogP contribution < -0.4 is 15.2 Å². The maximum absolute atomic E-state index is 12.2. The minimum atomic E-state index is -3.65. The normalized spacial score (nSPS) is 22.4. The van der Waals surface area contributed by atoms with Gasteiger partial charge in [-0.1, -0.05) is 18.2 Å². The summed E-state index contributed by atoms with van der Waals surface area (Å²) in [4.78, 5) is 12.2. The Balaban J connectivity index is 1.45. The van der Waals surface area contributed by atoms with Crippen LogP contribution in [0.2, 0.25) is 0 Å². The Bertz CT molecular complexity index is 659. The number of nitrogens with two attached hydrogens (primary N) is 1. The van der Waals surface area contributed by atoms with Crippen LogP contribution in [-0.4, -0.2) is 44.4 Å². The number of hydrogen-bond donors (Lipinski definition) is 2. The van der Waals surface area contributed by atoms with Crippen molar-refractivity contribution in [3.05, 3.63) is 29.8 Å². The molecule has 0 radical (unpaired) electrons. The van der Waals surface area contributed by atoms with Crippen LogP contribution in [0.3, 0.4) is 0 Å². The number of rotatable bonds is 4. The second kappa shape index (κ2) is 6.46. The van der Waals surface area contributed by atoms with Gasteiger partial charge in [-0.05, 0) is 24.5 Å². The maximum Gasteiger partial charge on any atom is 0.276 e. The zero-order valence-corrected chi connectivity index (χ0v) is 13.6. The zero-order valence-electron chi connectivity index (χ0n) is 12.8. The maximum atomic E-state index is 12.2. The Morgan fingerprint density at radius 2 is 2.00 bits per heavy atom. The second-order valence-corrected chi connectivity index (χ2v) is 7.56. The minimum Gasteiger partial charge on any atom is -0.488 e. The van der Waals surface area contributed by atoms with E-state index in [-0.39, 0.29) is 17.9 Å². The molecule has 0 unspecified atom stereocenters. The van der Waals surface area contributed by atoms with E-state index in [1.165, 1.54) is 4.31 Å². The van der Waals surface area contributed by atoms with Gasteiger partial charge in [0.1, 0.15) is 11.9 Å². The molecule has 1 amide bonds. The van der Waals surface area contributed by atoms with Gasteiger partial charge in [-0.2, -0.15) is 12.7 Å². The van der Waals surface area contributed by atoms with Crippen molar-refractivity contribution in [2.45, 2.75) is 25.4 Å². The number of para-hydroxylation sites is 1. The molecule has 2 heterocycles. The predicted octanol–water partition coefficient (Wildman–Crippen LogP) is 0.0218. The molecule has 2 aliphatic heterocycles. The summed E-state index contributed by atoms with van der Waals surface area (Å²) in [7, 11) is -3.65. The van der Waals surface area contributed by atoms with E-state index in [9.17, 15) is 13.2 Å². The Kier molecular flexibility index (Phi) is 4.56. The third-order valence-corrected chi connectivity index (χ3v) is 5.49. The van der Waals surface area contributed by atoms with Gasteiger partial charge in [-0.15, -0.1) is 0 Å². The minimum absolute atomic E-state index is 0.0409. The molecule has 2 aliphatic rings. The summed E-state index contributed by atoms with van der Waals surface area (Å²) in [6.07, 6.45) is 1.74. The first-order valence-corrected chi connectivity index (χ1v) is 9.24. The molecule has 0 aliphatic carbocycles. The average Bonchev–Trinajstić information content (AvgIpc) is 2.95. The van der Waals surface area contributed by atoms with Gasteiger partial charge in [0.05, 0.1) is 6.54 Å². The largest absolute Gasteiger partial charge is 0.488 e. The summed E-state index contributed by atoms with van der Waals surface area (Å²) in [5.41, 5.74) is 1.16. The van der Waals surface area contributed by atoms with Crippen LogP contribution in [0.25, 0.3) is 0 Å². The zero-order chi connectivity index (χ0) is 16.4. The van der Waals surface area contributed by atoms with Gasteiger partial charge in [0.25, 0.3) is 10.2 Å². The highest BCUT2D eigenvalue weighted by Gasteiger charge is 2.30. The monoisotopic (exact) mass is 339 g/mol. The molecule has 1 fully saturated rings. The molecular weight excluding hydrogens is 318 g/mol. The first-order chi connectivity index (χ1) is 10.9. The summed E-state index contributed by atoms with van der Waals surface area (Å²) in [6.45, 7) is 1.05. The molecule has 7 nitrogen and oxygen atoms in total. The van der Waals surface area contributed by atoms with Crippen molar-refractivity contribution in [1.82, 2.24) is 9.62 Å². The van der Waals surface area contributed by atoms with Gasteiger partial charge in [0, 0.05) is 25.4 Å². The van der Waals surface area contributed by atoms with E-state index in [2.05, 4.69) is 5.32 Å². The van der Waals surface area contributed by atoms with Crippen molar-refractivity contribution in [2.75, 3.05) is 19.6 Å². The Morgan fingerprint density at radius 3 is 2.65 bits per heavy atom. The number of nitrogens with zero attached hydrogens (tertiary/aromatic N) is 1. The summed E-state index contributed by atoms with van der Waals surface area (Å²) >= 11 is 0. The second-order valence-electron chi connectivity index (χ2n) is 6.02. The Morgan fingerprint density at radius 1 is 1.30 bits per heavy atom. The lowest BCUT2D eigenvalue weighted by Gasteiger charge is -2.29. The summed E-state index contributed by atoms with van der Waals surface area (Å²) < 4.78 is 29.5. The Labute approximate surface area is 136 Å². The van der Waals surface area contributed by atoms with E-state index >= 15 is 0 Å². The molecule has 0 spiro atoms. The molecular formula is C15H21N3O4S. The Hall–Kier alpha value is -1.64. The van der Waals surface area contributed by atoms with Crippen LogP contribution in [-0.2, 0) is 21.4 Å². The van der Waals surface area contributed by atoms with Crippen LogP contribution in [0, 0.1) is 5.92 Å². The molecule has 3 rings (SSSR count). The number of amides is 1. The van der Waals surface area contributed by atoms with Gasteiger partial charge in [-0.25, -0.2) is 5.14 Å². The van der Waals surface area contributed by atoms with Crippen LogP contribution >= 0.6 is 0 Å². The summed E-state index contributed by atoms with van der Waals surface area (Å²) in [5, 5.41) is 8.02. The third kappa shape index (κ3) is 3.82. The molecule has 3 N–H and O–H groups in total. The molecule has 0 saturated carbocycles. The van der Waals surface area contributed by atoms with Gasteiger partial charge in [-0.3, -0.25) is 4.79 Å². The van der Waals surface area contributed by atoms with Crippen LogP contribution in [0.15, 0.2) is 24.3 Å². The smallest absolute Gasteiger partial charge is 0.276 e. The highest BCUT2D eigenvalue weighted by molar-refractivity contribution is 7.86. The molecule has 0 aromatic heterocycles. The summed E-state index contributed by atoms with van der Waals surface area (Å²) in [6, 6.07) is 7.86. The molecule has 1 aromatic rings. The lowest BCUT2D eigenvalue weighted by atomic mass is 9.97. The first-order valence-electron chi connectivity index (χ1n) is 7.73. The van der Waals surface area contributed by atoms with Crippen LogP contribution in [0.4, 0.5) is 0 Å². The number of piperidine rings is 1. The fraction of sp³-hybridized carbons (Fsp3) is 0.533. The predicted molar refractivity (Wildman–Crippen MR) is 85.0 cm³/mol. The quantitative estimate of drug-likeness (QED) is 0.807. The number of carbonyl (C=O) groups excluding carboxylic acids is 1. The van der Waals surface area contributed by atoms with Crippen molar-refractivity contribution in [3.8, 4) is 5.75 Å². The van der Waals surface area contributed by atoms with E-state index in [1.807, 2.05) is 24.3 Å². The fourth-order valence-electron chi connectivity index (χ4n) is 3.10. The van der Waals surface area contributed by atoms with Crippen molar-refractivity contribution in [3.63, 3.8) is 0 Å². The van der Waals surface area contributed by atoms with Gasteiger partial charge >= 0.3 is 0 Å². The number of nitrogens with one attached hydrogen (secondary N) is 1. The SMILES string of the molecule is NS(=O)(=O)N1CCC(C(=O)NC[C@@H]2Cc3ccccc3O2)CC1. The van der Waals surface area contributed by atoms with E-state index < -0.39 is 10.2 Å². The van der Waals surface area contributed by atoms with E-state index in [0.717, 1.165) is 17.7 Å². The standard InChI is InChI=1S/C15H21N3O4S/c16-23(20,21)18-7-5-11(6-8-18)15(19)17-10-13-9-12-3-1-2-4-14(12)22-13/h1-4,11,13H,5-10H2,(H,17,19)(H2,16,20,21)/t13-/m0/s1. The van der Waals surface area contributed by atoms with E-state index in [4.69, 9.17) is 9.88 Å².